The number of aromatic amines is 1. The molecule has 6 nitrogen and oxygen atoms in total. The highest BCUT2D eigenvalue weighted by Crippen LogP contribution is 2.27. The molecule has 1 fully saturated rings. The second-order valence-corrected chi connectivity index (χ2v) is 7.16. The summed E-state index contributed by atoms with van der Waals surface area (Å²) in [6, 6.07) is 0. The molecule has 0 aliphatic carbocycles. The van der Waals surface area contributed by atoms with Crippen LogP contribution in [0.15, 0.2) is 12.4 Å². The van der Waals surface area contributed by atoms with Crippen molar-refractivity contribution >= 4 is 11.9 Å². The fourth-order valence-corrected chi connectivity index (χ4v) is 2.76. The number of carbonyl (C=O) groups is 2. The third-order valence-corrected chi connectivity index (χ3v) is 3.93. The van der Waals surface area contributed by atoms with E-state index in [1.54, 1.807) is 12.4 Å². The molecule has 1 aliphatic heterocycles. The number of rotatable bonds is 4. The fraction of sp³-hybridized carbons (Fsp3) is 0.647. The lowest BCUT2D eigenvalue weighted by molar-refractivity contribution is -0.157. The van der Waals surface area contributed by atoms with E-state index in [0.29, 0.717) is 31.6 Å². The highest BCUT2D eigenvalue weighted by molar-refractivity contribution is 5.96. The molecule has 2 N–H and O–H groups in total. The van der Waals surface area contributed by atoms with Gasteiger partial charge in [-0.3, -0.25) is 9.59 Å². The molecule has 0 aromatic carbocycles. The first-order chi connectivity index (χ1) is 10.7. The minimum Gasteiger partial charge on any atom is -0.460 e. The first-order valence-electron chi connectivity index (χ1n) is 7.96. The van der Waals surface area contributed by atoms with Gasteiger partial charge < -0.3 is 19.8 Å². The van der Waals surface area contributed by atoms with Crippen molar-refractivity contribution in [3.05, 3.63) is 23.5 Å². The van der Waals surface area contributed by atoms with Crippen LogP contribution in [0.25, 0.3) is 0 Å². The van der Waals surface area contributed by atoms with E-state index in [4.69, 9.17) is 9.47 Å². The standard InChI is InChI=1S/C17H26N2O4/c1-12-10-18-11-13(12)15(21)19-17(5-7-22-8-6-17)9-14(20)23-16(2,3)4/h10-11,18H,5-9H2,1-4H3,(H,19,21). The summed E-state index contributed by atoms with van der Waals surface area (Å²) in [6.07, 6.45) is 4.80. The summed E-state index contributed by atoms with van der Waals surface area (Å²) in [4.78, 5) is 27.7. The molecule has 0 spiro atoms. The normalized spacial score (nSPS) is 17.6. The molecule has 6 heteroatoms. The zero-order valence-corrected chi connectivity index (χ0v) is 14.3. The number of aromatic nitrogens is 1. The summed E-state index contributed by atoms with van der Waals surface area (Å²) in [5.41, 5.74) is 0.327. The molecule has 1 aliphatic rings. The van der Waals surface area contributed by atoms with E-state index in [-0.39, 0.29) is 18.3 Å². The Bertz CT molecular complexity index is 565. The molecule has 1 saturated heterocycles. The predicted octanol–water partition coefficient (Wildman–Crippen LogP) is 2.33. The zero-order chi connectivity index (χ0) is 17.1. The third kappa shape index (κ3) is 4.82. The first kappa shape index (κ1) is 17.5. The van der Waals surface area contributed by atoms with Crippen LogP contribution in [0.5, 0.6) is 0 Å². The van der Waals surface area contributed by atoms with Crippen LogP contribution < -0.4 is 5.32 Å². The molecule has 0 bridgehead atoms. The topological polar surface area (TPSA) is 80.4 Å². The molecule has 23 heavy (non-hydrogen) atoms. The largest absolute Gasteiger partial charge is 0.460 e. The van der Waals surface area contributed by atoms with E-state index in [2.05, 4.69) is 10.3 Å². The predicted molar refractivity (Wildman–Crippen MR) is 86.2 cm³/mol. The van der Waals surface area contributed by atoms with Crippen molar-refractivity contribution in [3.8, 4) is 0 Å². The van der Waals surface area contributed by atoms with E-state index >= 15 is 0 Å². The Morgan fingerprint density at radius 2 is 1.96 bits per heavy atom. The van der Waals surface area contributed by atoms with Gasteiger partial charge in [-0.1, -0.05) is 0 Å². The van der Waals surface area contributed by atoms with Gasteiger partial charge >= 0.3 is 5.97 Å². The van der Waals surface area contributed by atoms with Crippen molar-refractivity contribution in [2.45, 2.75) is 58.1 Å². The van der Waals surface area contributed by atoms with Crippen molar-refractivity contribution in [3.63, 3.8) is 0 Å². The number of hydrogen-bond acceptors (Lipinski definition) is 4. The summed E-state index contributed by atoms with van der Waals surface area (Å²) in [5.74, 6) is -0.473. The van der Waals surface area contributed by atoms with Gasteiger partial charge in [0.25, 0.3) is 5.91 Å². The second kappa shape index (κ2) is 6.74. The fourth-order valence-electron chi connectivity index (χ4n) is 2.76. The van der Waals surface area contributed by atoms with E-state index < -0.39 is 11.1 Å². The van der Waals surface area contributed by atoms with Crippen molar-refractivity contribution in [2.75, 3.05) is 13.2 Å². The van der Waals surface area contributed by atoms with E-state index in [1.165, 1.54) is 0 Å². The van der Waals surface area contributed by atoms with E-state index in [0.717, 1.165) is 5.56 Å². The molecule has 0 radical (unpaired) electrons. The van der Waals surface area contributed by atoms with Gasteiger partial charge in [0.1, 0.15) is 5.60 Å². The molecule has 1 aromatic rings. The summed E-state index contributed by atoms with van der Waals surface area (Å²) < 4.78 is 10.8. The highest BCUT2D eigenvalue weighted by atomic mass is 16.6. The van der Waals surface area contributed by atoms with E-state index in [9.17, 15) is 9.59 Å². The Morgan fingerprint density at radius 1 is 1.30 bits per heavy atom. The lowest BCUT2D eigenvalue weighted by atomic mass is 9.86. The van der Waals surface area contributed by atoms with Gasteiger partial charge in [0.15, 0.2) is 0 Å². The van der Waals surface area contributed by atoms with Gasteiger partial charge in [-0.2, -0.15) is 0 Å². The summed E-state index contributed by atoms with van der Waals surface area (Å²) in [7, 11) is 0. The molecule has 0 saturated carbocycles. The number of ether oxygens (including phenoxy) is 2. The average molecular weight is 322 g/mol. The molecule has 0 unspecified atom stereocenters. The van der Waals surface area contributed by atoms with E-state index in [1.807, 2.05) is 27.7 Å². The Kier molecular flexibility index (Phi) is 5.14. The van der Waals surface area contributed by atoms with Crippen molar-refractivity contribution < 1.29 is 19.1 Å². The van der Waals surface area contributed by atoms with Crippen LogP contribution in [0.2, 0.25) is 0 Å². The number of hydrogen-bond donors (Lipinski definition) is 2. The quantitative estimate of drug-likeness (QED) is 0.834. The maximum Gasteiger partial charge on any atom is 0.308 e. The number of aryl methyl sites for hydroxylation is 1. The third-order valence-electron chi connectivity index (χ3n) is 3.93. The Morgan fingerprint density at radius 3 is 2.48 bits per heavy atom. The summed E-state index contributed by atoms with van der Waals surface area (Å²) in [5, 5.41) is 3.05. The number of nitrogens with one attached hydrogen (secondary N) is 2. The van der Waals surface area contributed by atoms with Crippen LogP contribution >= 0.6 is 0 Å². The smallest absolute Gasteiger partial charge is 0.308 e. The van der Waals surface area contributed by atoms with Crippen LogP contribution in [-0.4, -0.2) is 41.2 Å². The number of esters is 1. The minimum atomic E-state index is -0.610. The minimum absolute atomic E-state index is 0.156. The van der Waals surface area contributed by atoms with Gasteiger partial charge in [0.2, 0.25) is 0 Å². The van der Waals surface area contributed by atoms with Crippen molar-refractivity contribution in [2.24, 2.45) is 0 Å². The van der Waals surface area contributed by atoms with Gasteiger partial charge in [-0.05, 0) is 46.1 Å². The SMILES string of the molecule is Cc1c[nH]cc1C(=O)NC1(CC(=O)OC(C)(C)C)CCOCC1. The molecular weight excluding hydrogens is 296 g/mol. The van der Waals surface area contributed by atoms with Crippen molar-refractivity contribution in [1.82, 2.24) is 10.3 Å². The molecule has 2 rings (SSSR count). The lowest BCUT2D eigenvalue weighted by Gasteiger charge is -2.38. The van der Waals surface area contributed by atoms with Crippen LogP contribution in [-0.2, 0) is 14.3 Å². The Balaban J connectivity index is 2.11. The van der Waals surface area contributed by atoms with Crippen LogP contribution in [0.3, 0.4) is 0 Å². The van der Waals surface area contributed by atoms with Gasteiger partial charge in [0, 0.05) is 25.6 Å². The first-order valence-corrected chi connectivity index (χ1v) is 7.96. The highest BCUT2D eigenvalue weighted by Gasteiger charge is 2.38. The molecule has 0 atom stereocenters. The summed E-state index contributed by atoms with van der Waals surface area (Å²) in [6.45, 7) is 8.43. The maximum absolute atomic E-state index is 12.5. The zero-order valence-electron chi connectivity index (χ0n) is 14.3. The summed E-state index contributed by atoms with van der Waals surface area (Å²) >= 11 is 0. The van der Waals surface area contributed by atoms with Gasteiger partial charge in [-0.25, -0.2) is 0 Å². The Hall–Kier alpha value is -1.82. The maximum atomic E-state index is 12.5. The van der Waals surface area contributed by atoms with Gasteiger partial charge in [-0.15, -0.1) is 0 Å². The number of amides is 1. The average Bonchev–Trinajstić information content (AvgIpc) is 2.83. The molecule has 128 valence electrons. The number of carbonyl (C=O) groups excluding carboxylic acids is 2. The molecule has 2 heterocycles. The van der Waals surface area contributed by atoms with Crippen LogP contribution in [0.4, 0.5) is 0 Å². The van der Waals surface area contributed by atoms with Crippen LogP contribution in [0.1, 0.15) is 56.0 Å². The number of H-pyrrole nitrogens is 1. The molecule has 1 amide bonds. The van der Waals surface area contributed by atoms with Gasteiger partial charge in [0.05, 0.1) is 17.5 Å². The molecular formula is C17H26N2O4. The van der Waals surface area contributed by atoms with Crippen molar-refractivity contribution in [1.29, 1.82) is 0 Å². The Labute approximate surface area is 136 Å². The van der Waals surface area contributed by atoms with Crippen LogP contribution in [0, 0.1) is 6.92 Å². The monoisotopic (exact) mass is 322 g/mol. The second-order valence-electron chi connectivity index (χ2n) is 7.16. The lowest BCUT2D eigenvalue weighted by Crippen LogP contribution is -2.53. The molecule has 1 aromatic heterocycles.